The maximum absolute atomic E-state index is 12.3. The number of carbonyl (C=O) groups is 1. The third-order valence-corrected chi connectivity index (χ3v) is 5.02. The topological polar surface area (TPSA) is 79.9 Å². The van der Waals surface area contributed by atoms with Gasteiger partial charge < -0.3 is 10.1 Å². The number of hydrogen-bond acceptors (Lipinski definition) is 6. The van der Waals surface area contributed by atoms with Crippen molar-refractivity contribution in [3.8, 4) is 0 Å². The fraction of sp³-hybridized carbons (Fsp3) is 0.786. The van der Waals surface area contributed by atoms with E-state index in [4.69, 9.17) is 4.74 Å². The maximum atomic E-state index is 12.3. The van der Waals surface area contributed by atoms with E-state index in [0.717, 1.165) is 49.0 Å². The van der Waals surface area contributed by atoms with Crippen LogP contribution in [0.4, 0.5) is 0 Å². The second-order valence-corrected chi connectivity index (χ2v) is 6.49. The van der Waals surface area contributed by atoms with E-state index < -0.39 is 5.54 Å². The van der Waals surface area contributed by atoms with E-state index in [1.165, 1.54) is 7.11 Å². The molecule has 2 unspecified atom stereocenters. The number of H-pyrrole nitrogens is 1. The minimum Gasteiger partial charge on any atom is -0.468 e. The number of ether oxygens (including phenoxy) is 1. The second-order valence-electron chi connectivity index (χ2n) is 5.42. The molecule has 6 nitrogen and oxygen atoms in total. The fourth-order valence-corrected chi connectivity index (χ4v) is 4.12. The van der Waals surface area contributed by atoms with Gasteiger partial charge in [0.15, 0.2) is 0 Å². The van der Waals surface area contributed by atoms with E-state index in [0.29, 0.717) is 5.92 Å². The zero-order chi connectivity index (χ0) is 15.3. The third-order valence-electron chi connectivity index (χ3n) is 4.14. The number of carbonyl (C=O) groups excluding carboxylic acids is 1. The quantitative estimate of drug-likeness (QED) is 0.591. The van der Waals surface area contributed by atoms with Crippen molar-refractivity contribution in [1.82, 2.24) is 20.5 Å². The predicted molar refractivity (Wildman–Crippen MR) is 82.2 cm³/mol. The average molecular weight is 312 g/mol. The molecule has 7 heteroatoms. The SMILES string of the molecule is CCNC1(C(=O)OC)CCCC1CCSc1n[nH]c(C)n1. The number of esters is 1. The van der Waals surface area contributed by atoms with E-state index in [1.54, 1.807) is 11.8 Å². The molecule has 1 aromatic heterocycles. The highest BCUT2D eigenvalue weighted by molar-refractivity contribution is 7.99. The number of thioether (sulfide) groups is 1. The molecule has 0 spiro atoms. The molecule has 0 amide bonds. The van der Waals surface area contributed by atoms with Gasteiger partial charge in [0.25, 0.3) is 0 Å². The normalized spacial score (nSPS) is 25.2. The highest BCUT2D eigenvalue weighted by atomic mass is 32.2. The largest absolute Gasteiger partial charge is 0.468 e. The molecule has 1 aliphatic rings. The Morgan fingerprint density at radius 2 is 2.43 bits per heavy atom. The summed E-state index contributed by atoms with van der Waals surface area (Å²) in [6, 6.07) is 0. The molecule has 1 saturated carbocycles. The van der Waals surface area contributed by atoms with Crippen molar-refractivity contribution in [3.05, 3.63) is 5.82 Å². The summed E-state index contributed by atoms with van der Waals surface area (Å²) in [4.78, 5) is 16.5. The van der Waals surface area contributed by atoms with Crippen molar-refractivity contribution >= 4 is 17.7 Å². The Kier molecular flexibility index (Phi) is 5.64. The van der Waals surface area contributed by atoms with E-state index >= 15 is 0 Å². The van der Waals surface area contributed by atoms with Crippen LogP contribution in [0.5, 0.6) is 0 Å². The molecule has 1 fully saturated rings. The molecule has 2 atom stereocenters. The molecule has 21 heavy (non-hydrogen) atoms. The van der Waals surface area contributed by atoms with Gasteiger partial charge in [-0.15, -0.1) is 5.10 Å². The summed E-state index contributed by atoms with van der Waals surface area (Å²) in [5.41, 5.74) is -0.501. The molecular formula is C14H24N4O2S. The molecule has 1 aliphatic carbocycles. The summed E-state index contributed by atoms with van der Waals surface area (Å²) in [6.07, 6.45) is 3.95. The predicted octanol–water partition coefficient (Wildman–Crippen LogP) is 1.92. The van der Waals surface area contributed by atoms with Gasteiger partial charge in [-0.25, -0.2) is 4.98 Å². The standard InChI is InChI=1S/C14H24N4O2S/c1-4-15-14(12(19)20-3)8-5-6-11(14)7-9-21-13-16-10(2)17-18-13/h11,15H,4-9H2,1-3H3,(H,16,17,18). The number of aromatic nitrogens is 3. The van der Waals surface area contributed by atoms with Gasteiger partial charge in [-0.3, -0.25) is 9.89 Å². The summed E-state index contributed by atoms with van der Waals surface area (Å²) in [6.45, 7) is 4.70. The Morgan fingerprint density at radius 1 is 1.62 bits per heavy atom. The highest BCUT2D eigenvalue weighted by Gasteiger charge is 2.48. The molecular weight excluding hydrogens is 288 g/mol. The van der Waals surface area contributed by atoms with Crippen molar-refractivity contribution in [2.45, 2.75) is 50.2 Å². The van der Waals surface area contributed by atoms with Crippen LogP contribution in [-0.2, 0) is 9.53 Å². The summed E-state index contributed by atoms with van der Waals surface area (Å²) >= 11 is 1.63. The Bertz CT molecular complexity index is 479. The van der Waals surface area contributed by atoms with Gasteiger partial charge in [-0.1, -0.05) is 25.1 Å². The zero-order valence-electron chi connectivity index (χ0n) is 12.9. The number of nitrogens with one attached hydrogen (secondary N) is 2. The lowest BCUT2D eigenvalue weighted by atomic mass is 9.85. The summed E-state index contributed by atoms with van der Waals surface area (Å²) in [5, 5.41) is 11.1. The zero-order valence-corrected chi connectivity index (χ0v) is 13.8. The van der Waals surface area contributed by atoms with Crippen molar-refractivity contribution in [2.24, 2.45) is 5.92 Å². The van der Waals surface area contributed by atoms with E-state index in [1.807, 2.05) is 13.8 Å². The van der Waals surface area contributed by atoms with Gasteiger partial charge in [-0.05, 0) is 38.6 Å². The molecule has 118 valence electrons. The van der Waals surface area contributed by atoms with E-state index in [-0.39, 0.29) is 5.97 Å². The van der Waals surface area contributed by atoms with Crippen LogP contribution in [0.25, 0.3) is 0 Å². The number of aryl methyl sites for hydroxylation is 1. The van der Waals surface area contributed by atoms with Crippen LogP contribution in [0, 0.1) is 12.8 Å². The Labute approximate surface area is 129 Å². The number of nitrogens with zero attached hydrogens (tertiary/aromatic N) is 2. The first-order valence-electron chi connectivity index (χ1n) is 7.47. The lowest BCUT2D eigenvalue weighted by Gasteiger charge is -2.33. The number of aromatic amines is 1. The monoisotopic (exact) mass is 312 g/mol. The van der Waals surface area contributed by atoms with Gasteiger partial charge in [-0.2, -0.15) is 0 Å². The number of likely N-dealkylation sites (N-methyl/N-ethyl adjacent to an activating group) is 1. The molecule has 0 aromatic carbocycles. The minimum absolute atomic E-state index is 0.120. The van der Waals surface area contributed by atoms with Crippen LogP contribution in [0.2, 0.25) is 0 Å². The molecule has 0 saturated heterocycles. The summed E-state index contributed by atoms with van der Waals surface area (Å²) in [7, 11) is 1.47. The molecule has 1 aromatic rings. The van der Waals surface area contributed by atoms with Gasteiger partial charge >= 0.3 is 5.97 Å². The number of hydrogen-bond donors (Lipinski definition) is 2. The first-order valence-corrected chi connectivity index (χ1v) is 8.46. The average Bonchev–Trinajstić information content (AvgIpc) is 3.06. The van der Waals surface area contributed by atoms with Crippen LogP contribution in [0.15, 0.2) is 5.16 Å². The Morgan fingerprint density at radius 3 is 3.05 bits per heavy atom. The van der Waals surface area contributed by atoms with Crippen LogP contribution >= 0.6 is 11.8 Å². The molecule has 2 N–H and O–H groups in total. The third kappa shape index (κ3) is 3.58. The van der Waals surface area contributed by atoms with Crippen LogP contribution in [0.3, 0.4) is 0 Å². The lowest BCUT2D eigenvalue weighted by molar-refractivity contribution is -0.150. The highest BCUT2D eigenvalue weighted by Crippen LogP contribution is 2.39. The second kappa shape index (κ2) is 7.26. The lowest BCUT2D eigenvalue weighted by Crippen LogP contribution is -2.55. The van der Waals surface area contributed by atoms with Crippen molar-refractivity contribution in [2.75, 3.05) is 19.4 Å². The molecule has 0 radical (unpaired) electrons. The van der Waals surface area contributed by atoms with Crippen molar-refractivity contribution < 1.29 is 9.53 Å². The number of rotatable bonds is 7. The van der Waals surface area contributed by atoms with E-state index in [2.05, 4.69) is 20.5 Å². The van der Waals surface area contributed by atoms with Crippen molar-refractivity contribution in [1.29, 1.82) is 0 Å². The summed E-state index contributed by atoms with van der Waals surface area (Å²) < 4.78 is 5.05. The molecule has 0 bridgehead atoms. The molecule has 1 heterocycles. The maximum Gasteiger partial charge on any atom is 0.326 e. The minimum atomic E-state index is -0.501. The van der Waals surface area contributed by atoms with Gasteiger partial charge in [0, 0.05) is 5.75 Å². The summed E-state index contributed by atoms with van der Waals surface area (Å²) in [5.74, 6) is 1.93. The Balaban J connectivity index is 1.95. The number of methoxy groups -OCH3 is 1. The molecule has 2 rings (SSSR count). The van der Waals surface area contributed by atoms with Crippen LogP contribution in [0.1, 0.15) is 38.4 Å². The van der Waals surface area contributed by atoms with Gasteiger partial charge in [0.2, 0.25) is 5.16 Å². The van der Waals surface area contributed by atoms with Crippen LogP contribution in [-0.4, -0.2) is 46.1 Å². The first-order chi connectivity index (χ1) is 10.1. The van der Waals surface area contributed by atoms with E-state index in [9.17, 15) is 4.79 Å². The first kappa shape index (κ1) is 16.3. The smallest absolute Gasteiger partial charge is 0.326 e. The Hall–Kier alpha value is -1.08. The van der Waals surface area contributed by atoms with Crippen molar-refractivity contribution in [3.63, 3.8) is 0 Å². The fourth-order valence-electron chi connectivity index (χ4n) is 3.22. The molecule has 0 aliphatic heterocycles. The van der Waals surface area contributed by atoms with Crippen LogP contribution < -0.4 is 5.32 Å². The van der Waals surface area contributed by atoms with Gasteiger partial charge in [0.1, 0.15) is 11.4 Å². The van der Waals surface area contributed by atoms with Gasteiger partial charge in [0.05, 0.1) is 7.11 Å².